The summed E-state index contributed by atoms with van der Waals surface area (Å²) in [5.74, 6) is 0.760. The first-order chi connectivity index (χ1) is 14.2. The van der Waals surface area contributed by atoms with E-state index in [2.05, 4.69) is 66.4 Å². The normalized spacial score (nSPS) is 23.1. The summed E-state index contributed by atoms with van der Waals surface area (Å²) < 4.78 is 5.45. The van der Waals surface area contributed by atoms with Gasteiger partial charge in [-0.25, -0.2) is 0 Å². The van der Waals surface area contributed by atoms with Crippen LogP contribution in [0.4, 0.5) is 0 Å². The van der Waals surface area contributed by atoms with E-state index in [1.807, 2.05) is 4.90 Å². The van der Waals surface area contributed by atoms with Gasteiger partial charge in [0.2, 0.25) is 5.91 Å². The molecule has 2 saturated heterocycles. The average Bonchev–Trinajstić information content (AvgIpc) is 2.79. The first kappa shape index (κ1) is 20.1. The fourth-order valence-electron chi connectivity index (χ4n) is 4.65. The van der Waals surface area contributed by atoms with Gasteiger partial charge in [0.25, 0.3) is 0 Å². The molecule has 1 amide bonds. The summed E-state index contributed by atoms with van der Waals surface area (Å²) in [6, 6.07) is 19.6. The minimum absolute atomic E-state index is 0.0569. The van der Waals surface area contributed by atoms with E-state index in [4.69, 9.17) is 4.74 Å². The minimum Gasteiger partial charge on any atom is -0.378 e. The Labute approximate surface area is 174 Å². The van der Waals surface area contributed by atoms with Crippen molar-refractivity contribution in [3.63, 3.8) is 0 Å². The summed E-state index contributed by atoms with van der Waals surface area (Å²) in [5, 5.41) is 0. The number of piperidine rings is 1. The van der Waals surface area contributed by atoms with Crippen molar-refractivity contribution < 1.29 is 9.53 Å². The van der Waals surface area contributed by atoms with Gasteiger partial charge in [-0.05, 0) is 35.4 Å². The summed E-state index contributed by atoms with van der Waals surface area (Å²) in [6.07, 6.45) is 2.00. The number of carbonyl (C=O) groups is 1. The highest BCUT2D eigenvalue weighted by Gasteiger charge is 2.35. The molecule has 2 atom stereocenters. The predicted octanol–water partition coefficient (Wildman–Crippen LogP) is 3.71. The zero-order chi connectivity index (χ0) is 20.1. The third kappa shape index (κ3) is 5.06. The van der Waals surface area contributed by atoms with Crippen LogP contribution in [0.3, 0.4) is 0 Å². The number of carbonyl (C=O) groups excluding carboxylic acids is 1. The third-order valence-corrected chi connectivity index (χ3v) is 6.31. The lowest BCUT2D eigenvalue weighted by Crippen LogP contribution is -2.49. The second-order valence-corrected chi connectivity index (χ2v) is 8.34. The number of nitrogens with zero attached hydrogens (tertiary/aromatic N) is 2. The van der Waals surface area contributed by atoms with Crippen LogP contribution >= 0.6 is 0 Å². The number of aryl methyl sites for hydroxylation is 1. The SMILES string of the molecule is CCc1ccc(C2CC(C(=O)N3CCOCC3)CN(Cc3ccccc3)C2)cc1. The molecular formula is C25H32N2O2. The van der Waals surface area contributed by atoms with Gasteiger partial charge in [0.15, 0.2) is 0 Å². The lowest BCUT2D eigenvalue weighted by Gasteiger charge is -2.40. The highest BCUT2D eigenvalue weighted by Crippen LogP contribution is 2.32. The van der Waals surface area contributed by atoms with Crippen molar-refractivity contribution in [2.45, 2.75) is 32.2 Å². The van der Waals surface area contributed by atoms with E-state index >= 15 is 0 Å². The van der Waals surface area contributed by atoms with Crippen molar-refractivity contribution in [1.82, 2.24) is 9.80 Å². The van der Waals surface area contributed by atoms with Crippen LogP contribution in [0.25, 0.3) is 0 Å². The molecule has 4 rings (SSSR count). The van der Waals surface area contributed by atoms with Gasteiger partial charge in [-0.15, -0.1) is 0 Å². The number of hydrogen-bond acceptors (Lipinski definition) is 3. The zero-order valence-corrected chi connectivity index (χ0v) is 17.4. The maximum atomic E-state index is 13.3. The van der Waals surface area contributed by atoms with Gasteiger partial charge in [0.1, 0.15) is 0 Å². The molecule has 2 fully saturated rings. The molecule has 4 nitrogen and oxygen atoms in total. The largest absolute Gasteiger partial charge is 0.378 e. The van der Waals surface area contributed by atoms with Crippen LogP contribution < -0.4 is 0 Å². The molecule has 0 spiro atoms. The molecule has 2 aromatic rings. The molecule has 2 aliphatic heterocycles. The number of likely N-dealkylation sites (tertiary alicyclic amines) is 1. The number of benzene rings is 2. The predicted molar refractivity (Wildman–Crippen MR) is 116 cm³/mol. The van der Waals surface area contributed by atoms with Crippen LogP contribution in [-0.2, 0) is 22.5 Å². The first-order valence-corrected chi connectivity index (χ1v) is 10.9. The summed E-state index contributed by atoms with van der Waals surface area (Å²) in [4.78, 5) is 17.8. The Morgan fingerprint density at radius 3 is 2.38 bits per heavy atom. The fraction of sp³-hybridized carbons (Fsp3) is 0.480. The van der Waals surface area contributed by atoms with Crippen LogP contribution in [0, 0.1) is 5.92 Å². The van der Waals surface area contributed by atoms with Gasteiger partial charge in [-0.2, -0.15) is 0 Å². The molecule has 0 aliphatic carbocycles. The van der Waals surface area contributed by atoms with Crippen molar-refractivity contribution in [2.75, 3.05) is 39.4 Å². The summed E-state index contributed by atoms with van der Waals surface area (Å²) in [6.45, 7) is 7.71. The quantitative estimate of drug-likeness (QED) is 0.778. The topological polar surface area (TPSA) is 32.8 Å². The second-order valence-electron chi connectivity index (χ2n) is 8.34. The van der Waals surface area contributed by atoms with Gasteiger partial charge >= 0.3 is 0 Å². The van der Waals surface area contributed by atoms with E-state index in [9.17, 15) is 4.79 Å². The molecule has 0 radical (unpaired) electrons. The van der Waals surface area contributed by atoms with E-state index in [-0.39, 0.29) is 5.92 Å². The highest BCUT2D eigenvalue weighted by atomic mass is 16.5. The van der Waals surface area contributed by atoms with E-state index in [1.54, 1.807) is 0 Å². The lowest BCUT2D eigenvalue weighted by atomic mass is 9.83. The highest BCUT2D eigenvalue weighted by molar-refractivity contribution is 5.79. The van der Waals surface area contributed by atoms with Gasteiger partial charge in [0.05, 0.1) is 19.1 Å². The van der Waals surface area contributed by atoms with Crippen molar-refractivity contribution in [2.24, 2.45) is 5.92 Å². The van der Waals surface area contributed by atoms with Crippen molar-refractivity contribution >= 4 is 5.91 Å². The summed E-state index contributed by atoms with van der Waals surface area (Å²) in [5.41, 5.74) is 4.04. The minimum atomic E-state index is 0.0569. The second kappa shape index (κ2) is 9.55. The van der Waals surface area contributed by atoms with Crippen LogP contribution in [-0.4, -0.2) is 55.1 Å². The Morgan fingerprint density at radius 2 is 1.69 bits per heavy atom. The molecule has 29 heavy (non-hydrogen) atoms. The van der Waals surface area contributed by atoms with Crippen LogP contribution in [0.2, 0.25) is 0 Å². The zero-order valence-electron chi connectivity index (χ0n) is 17.4. The molecule has 154 valence electrons. The van der Waals surface area contributed by atoms with E-state index < -0.39 is 0 Å². The molecule has 2 aromatic carbocycles. The molecule has 0 bridgehead atoms. The maximum Gasteiger partial charge on any atom is 0.227 e. The Bertz CT molecular complexity index is 784. The van der Waals surface area contributed by atoms with Crippen LogP contribution in [0.1, 0.15) is 36.0 Å². The third-order valence-electron chi connectivity index (χ3n) is 6.31. The van der Waals surface area contributed by atoms with Crippen LogP contribution in [0.5, 0.6) is 0 Å². The van der Waals surface area contributed by atoms with Gasteiger partial charge in [-0.3, -0.25) is 9.69 Å². The average molecular weight is 393 g/mol. The molecule has 4 heteroatoms. The van der Waals surface area contributed by atoms with E-state index in [0.717, 1.165) is 45.6 Å². The van der Waals surface area contributed by atoms with Gasteiger partial charge < -0.3 is 9.64 Å². The first-order valence-electron chi connectivity index (χ1n) is 10.9. The lowest BCUT2D eigenvalue weighted by molar-refractivity contribution is -0.141. The molecule has 2 heterocycles. The van der Waals surface area contributed by atoms with Crippen molar-refractivity contribution in [1.29, 1.82) is 0 Å². The van der Waals surface area contributed by atoms with Crippen LogP contribution in [0.15, 0.2) is 54.6 Å². The molecule has 2 aliphatic rings. The van der Waals surface area contributed by atoms with Crippen molar-refractivity contribution in [3.05, 3.63) is 71.3 Å². The molecule has 0 aromatic heterocycles. The molecular weight excluding hydrogens is 360 g/mol. The summed E-state index contributed by atoms with van der Waals surface area (Å²) >= 11 is 0. The van der Waals surface area contributed by atoms with Gasteiger partial charge in [-0.1, -0.05) is 61.5 Å². The maximum absolute atomic E-state index is 13.3. The molecule has 0 N–H and O–H groups in total. The monoisotopic (exact) mass is 392 g/mol. The number of hydrogen-bond donors (Lipinski definition) is 0. The molecule has 2 unspecified atom stereocenters. The van der Waals surface area contributed by atoms with E-state index in [1.165, 1.54) is 16.7 Å². The van der Waals surface area contributed by atoms with E-state index in [0.29, 0.717) is 25.0 Å². The number of rotatable bonds is 5. The standard InChI is InChI=1S/C25H32N2O2/c1-2-20-8-10-22(11-9-20)23-16-24(25(28)27-12-14-29-15-13-27)19-26(18-23)17-21-6-4-3-5-7-21/h3-11,23-24H,2,12-19H2,1H3. The Balaban J connectivity index is 1.52. The fourth-order valence-corrected chi connectivity index (χ4v) is 4.65. The van der Waals surface area contributed by atoms with Gasteiger partial charge in [0, 0.05) is 32.7 Å². The Hall–Kier alpha value is -2.17. The number of morpholine rings is 1. The number of ether oxygens (including phenoxy) is 1. The smallest absolute Gasteiger partial charge is 0.227 e. The summed E-state index contributed by atoms with van der Waals surface area (Å²) in [7, 11) is 0. The Kier molecular flexibility index (Phi) is 6.63. The Morgan fingerprint density at radius 1 is 0.966 bits per heavy atom. The van der Waals surface area contributed by atoms with Crippen molar-refractivity contribution in [3.8, 4) is 0 Å². The molecule has 0 saturated carbocycles. The number of amides is 1.